The van der Waals surface area contributed by atoms with Crippen LogP contribution in [0.3, 0.4) is 0 Å². The van der Waals surface area contributed by atoms with Gasteiger partial charge in [0.2, 0.25) is 0 Å². The largest absolute Gasteiger partial charge is 0.313 e. The molecule has 1 fully saturated rings. The van der Waals surface area contributed by atoms with Crippen molar-refractivity contribution in [2.75, 3.05) is 13.1 Å². The average Bonchev–Trinajstić information content (AvgIpc) is 2.92. The van der Waals surface area contributed by atoms with Gasteiger partial charge in [-0.1, -0.05) is 41.9 Å². The predicted octanol–water partition coefficient (Wildman–Crippen LogP) is 5.99. The first-order chi connectivity index (χ1) is 14.2. The van der Waals surface area contributed by atoms with Crippen molar-refractivity contribution in [3.8, 4) is 0 Å². The SMILES string of the molecule is Clc1ccc2c(c1)CCc1cccnc1/C2=C1/CCCNC1.Sc1ccccc1. The number of pyridine rings is 1. The summed E-state index contributed by atoms with van der Waals surface area (Å²) in [6.45, 7) is 2.08. The molecule has 0 saturated carbocycles. The number of hydrogen-bond acceptors (Lipinski definition) is 3. The molecular formula is C25H25ClN2S. The van der Waals surface area contributed by atoms with E-state index in [0.717, 1.165) is 42.3 Å². The van der Waals surface area contributed by atoms with Crippen LogP contribution in [0.25, 0.3) is 5.57 Å². The molecule has 0 spiro atoms. The van der Waals surface area contributed by atoms with E-state index < -0.39 is 0 Å². The average molecular weight is 421 g/mol. The lowest BCUT2D eigenvalue weighted by Gasteiger charge is -2.21. The maximum Gasteiger partial charge on any atom is 0.0740 e. The second-order valence-electron chi connectivity index (χ2n) is 7.41. The van der Waals surface area contributed by atoms with Crippen LogP contribution in [0.5, 0.6) is 0 Å². The highest BCUT2D eigenvalue weighted by atomic mass is 35.5. The molecule has 0 amide bonds. The molecule has 2 heterocycles. The van der Waals surface area contributed by atoms with Crippen LogP contribution in [0.15, 0.2) is 77.3 Å². The minimum Gasteiger partial charge on any atom is -0.313 e. The topological polar surface area (TPSA) is 24.9 Å². The Morgan fingerprint density at radius 2 is 1.72 bits per heavy atom. The monoisotopic (exact) mass is 420 g/mol. The molecule has 1 N–H and O–H groups in total. The second kappa shape index (κ2) is 9.62. The Kier molecular flexibility index (Phi) is 6.70. The maximum absolute atomic E-state index is 6.23. The normalized spacial score (nSPS) is 18.0. The van der Waals surface area contributed by atoms with Gasteiger partial charge in [-0.05, 0) is 84.8 Å². The second-order valence-corrected chi connectivity index (χ2v) is 8.36. The summed E-state index contributed by atoms with van der Waals surface area (Å²) in [6.07, 6.45) is 6.32. The van der Waals surface area contributed by atoms with E-state index in [0.29, 0.717) is 0 Å². The Labute approximate surface area is 183 Å². The van der Waals surface area contributed by atoms with E-state index in [1.54, 1.807) is 0 Å². The number of aromatic nitrogens is 1. The predicted molar refractivity (Wildman–Crippen MR) is 125 cm³/mol. The summed E-state index contributed by atoms with van der Waals surface area (Å²) in [6, 6.07) is 20.4. The Balaban J connectivity index is 0.000000249. The molecule has 0 unspecified atom stereocenters. The summed E-state index contributed by atoms with van der Waals surface area (Å²) in [7, 11) is 0. The van der Waals surface area contributed by atoms with E-state index in [-0.39, 0.29) is 0 Å². The van der Waals surface area contributed by atoms with Crippen LogP contribution in [0.1, 0.15) is 35.2 Å². The van der Waals surface area contributed by atoms with Gasteiger partial charge in [0.05, 0.1) is 5.69 Å². The minimum absolute atomic E-state index is 0.823. The van der Waals surface area contributed by atoms with Crippen LogP contribution in [-0.2, 0) is 12.8 Å². The van der Waals surface area contributed by atoms with Crippen LogP contribution in [0.4, 0.5) is 0 Å². The lowest BCUT2D eigenvalue weighted by Crippen LogP contribution is -2.25. The van der Waals surface area contributed by atoms with Crippen LogP contribution < -0.4 is 5.32 Å². The van der Waals surface area contributed by atoms with Crippen LogP contribution in [0, 0.1) is 0 Å². The molecule has 2 nitrogen and oxygen atoms in total. The maximum atomic E-state index is 6.23. The van der Waals surface area contributed by atoms with E-state index in [9.17, 15) is 0 Å². The molecule has 0 bridgehead atoms. The Hall–Kier alpha value is -2.07. The van der Waals surface area contributed by atoms with Crippen molar-refractivity contribution < 1.29 is 0 Å². The molecule has 148 valence electrons. The van der Waals surface area contributed by atoms with E-state index in [4.69, 9.17) is 16.6 Å². The third-order valence-electron chi connectivity index (χ3n) is 5.41. The molecule has 1 saturated heterocycles. The van der Waals surface area contributed by atoms with Gasteiger partial charge in [-0.15, -0.1) is 12.6 Å². The molecule has 5 rings (SSSR count). The zero-order valence-electron chi connectivity index (χ0n) is 16.4. The van der Waals surface area contributed by atoms with E-state index in [1.165, 1.54) is 40.0 Å². The van der Waals surface area contributed by atoms with Crippen LogP contribution in [-0.4, -0.2) is 18.1 Å². The number of nitrogens with zero attached hydrogens (tertiary/aromatic N) is 1. The zero-order chi connectivity index (χ0) is 20.1. The minimum atomic E-state index is 0.823. The van der Waals surface area contributed by atoms with Gasteiger partial charge in [0, 0.05) is 28.2 Å². The molecule has 4 heteroatoms. The van der Waals surface area contributed by atoms with Crippen molar-refractivity contribution in [3.05, 3.63) is 99.8 Å². The molecular weight excluding hydrogens is 396 g/mol. The van der Waals surface area contributed by atoms with Crippen LogP contribution >= 0.6 is 24.2 Å². The summed E-state index contributed by atoms with van der Waals surface area (Å²) in [5.41, 5.74) is 8.01. The number of nitrogens with one attached hydrogen (secondary N) is 1. The molecule has 0 atom stereocenters. The standard InChI is InChI=1S/C19H19ClN2.C6H6S/c20-16-7-8-17-14(11-16)6-5-13-3-2-10-22-19(13)18(17)15-4-1-9-21-12-15;7-6-4-2-1-3-5-6/h2-3,7-8,10-11,21H,1,4-6,9,12H2;1-5,7H/b18-15-;. The number of thiol groups is 1. The number of hydrogen-bond donors (Lipinski definition) is 2. The number of piperidine rings is 1. The molecule has 2 aliphatic rings. The highest BCUT2D eigenvalue weighted by Crippen LogP contribution is 2.37. The Bertz CT molecular complexity index is 1010. The highest BCUT2D eigenvalue weighted by molar-refractivity contribution is 7.80. The van der Waals surface area contributed by atoms with E-state index >= 15 is 0 Å². The molecule has 1 aromatic heterocycles. The van der Waals surface area contributed by atoms with Crippen LogP contribution in [0.2, 0.25) is 5.02 Å². The molecule has 1 aliphatic heterocycles. The Morgan fingerprint density at radius 3 is 2.45 bits per heavy atom. The van der Waals surface area contributed by atoms with Crippen molar-refractivity contribution in [2.45, 2.75) is 30.6 Å². The summed E-state index contributed by atoms with van der Waals surface area (Å²) in [5.74, 6) is 0. The van der Waals surface area contributed by atoms with E-state index in [1.807, 2.05) is 48.7 Å². The number of fused-ring (bicyclic) bond motifs is 2. The van der Waals surface area contributed by atoms with Crippen molar-refractivity contribution in [3.63, 3.8) is 0 Å². The van der Waals surface area contributed by atoms with Crippen molar-refractivity contribution in [1.82, 2.24) is 10.3 Å². The van der Waals surface area contributed by atoms with Gasteiger partial charge >= 0.3 is 0 Å². The first-order valence-electron chi connectivity index (χ1n) is 10.1. The summed E-state index contributed by atoms with van der Waals surface area (Å²) in [5, 5.41) is 4.34. The van der Waals surface area contributed by atoms with Gasteiger partial charge in [-0.2, -0.15) is 0 Å². The number of rotatable bonds is 0. The highest BCUT2D eigenvalue weighted by Gasteiger charge is 2.23. The fourth-order valence-electron chi connectivity index (χ4n) is 4.03. The molecule has 0 radical (unpaired) electrons. The smallest absolute Gasteiger partial charge is 0.0740 e. The molecule has 1 aliphatic carbocycles. The van der Waals surface area contributed by atoms with E-state index in [2.05, 4.69) is 36.1 Å². The molecule has 2 aromatic carbocycles. The van der Waals surface area contributed by atoms with Crippen molar-refractivity contribution >= 4 is 29.8 Å². The summed E-state index contributed by atoms with van der Waals surface area (Å²) < 4.78 is 0. The van der Waals surface area contributed by atoms with Gasteiger partial charge < -0.3 is 5.32 Å². The lowest BCUT2D eigenvalue weighted by molar-refractivity contribution is 0.611. The molecule has 29 heavy (non-hydrogen) atoms. The number of benzene rings is 2. The fraction of sp³-hybridized carbons (Fsp3) is 0.240. The Morgan fingerprint density at radius 1 is 0.897 bits per heavy atom. The molecule has 3 aromatic rings. The fourth-order valence-corrected chi connectivity index (χ4v) is 4.40. The van der Waals surface area contributed by atoms with Gasteiger partial charge in [-0.3, -0.25) is 4.98 Å². The quantitative estimate of drug-likeness (QED) is 0.436. The summed E-state index contributed by atoms with van der Waals surface area (Å²) >= 11 is 10.3. The third kappa shape index (κ3) is 4.92. The lowest BCUT2D eigenvalue weighted by atomic mass is 9.90. The number of halogens is 1. The summed E-state index contributed by atoms with van der Waals surface area (Å²) in [4.78, 5) is 5.75. The zero-order valence-corrected chi connectivity index (χ0v) is 18.0. The number of aryl methyl sites for hydroxylation is 2. The first kappa shape index (κ1) is 20.2. The first-order valence-corrected chi connectivity index (χ1v) is 10.9. The van der Waals surface area contributed by atoms with Crippen molar-refractivity contribution in [1.29, 1.82) is 0 Å². The van der Waals surface area contributed by atoms with Gasteiger partial charge in [0.15, 0.2) is 0 Å². The third-order valence-corrected chi connectivity index (χ3v) is 5.94. The van der Waals surface area contributed by atoms with Crippen molar-refractivity contribution in [2.24, 2.45) is 0 Å². The van der Waals surface area contributed by atoms with Gasteiger partial charge in [0.1, 0.15) is 0 Å². The van der Waals surface area contributed by atoms with Gasteiger partial charge in [0.25, 0.3) is 0 Å². The van der Waals surface area contributed by atoms with Gasteiger partial charge in [-0.25, -0.2) is 0 Å².